The van der Waals surface area contributed by atoms with Crippen molar-refractivity contribution in [2.75, 3.05) is 5.32 Å². The maximum Gasteiger partial charge on any atom is 0.255 e. The number of hydrogen-bond donors (Lipinski definition) is 3. The molecule has 0 bridgehead atoms. The highest BCUT2D eigenvalue weighted by Crippen LogP contribution is 2.36. The lowest BCUT2D eigenvalue weighted by Gasteiger charge is -2.35. The number of amides is 3. The van der Waals surface area contributed by atoms with Crippen LogP contribution in [-0.2, 0) is 15.0 Å². The minimum atomic E-state index is -0.714. The molecule has 0 radical (unpaired) electrons. The van der Waals surface area contributed by atoms with E-state index >= 15 is 0 Å². The predicted octanol–water partition coefficient (Wildman–Crippen LogP) is 2.29. The molecule has 2 aromatic carbocycles. The highest BCUT2D eigenvalue weighted by molar-refractivity contribution is 6.06. The van der Waals surface area contributed by atoms with Crippen molar-refractivity contribution in [3.63, 3.8) is 0 Å². The van der Waals surface area contributed by atoms with Gasteiger partial charge in [0.05, 0.1) is 5.41 Å². The van der Waals surface area contributed by atoms with Crippen LogP contribution in [0.4, 0.5) is 5.69 Å². The molecule has 8 heteroatoms. The molecule has 1 fully saturated rings. The Labute approximate surface area is 160 Å². The Bertz CT molecular complexity index is 1070. The maximum atomic E-state index is 12.5. The van der Waals surface area contributed by atoms with E-state index in [0.717, 1.165) is 5.56 Å². The fourth-order valence-electron chi connectivity index (χ4n) is 3.62. The standard InChI is InChI=1S/C20H19N5O3/c1-2-20(10-9-17(26)22-19(20)28)13-4-6-14(7-5-13)21-18(27)12-3-8-15-16(11-12)24-25-23-15/h3-8,11H,2,9-10H2,1H3,(H,21,27)(H,22,26,28)(H,23,24,25). The fraction of sp³-hybridized carbons (Fsp3) is 0.250. The molecule has 1 unspecified atom stereocenters. The number of nitrogens with zero attached hydrogens (tertiary/aromatic N) is 2. The zero-order chi connectivity index (χ0) is 19.7. The van der Waals surface area contributed by atoms with Gasteiger partial charge in [0.1, 0.15) is 11.0 Å². The number of imide groups is 1. The monoisotopic (exact) mass is 377 g/mol. The van der Waals surface area contributed by atoms with Crippen molar-refractivity contribution in [2.24, 2.45) is 0 Å². The van der Waals surface area contributed by atoms with Gasteiger partial charge in [-0.3, -0.25) is 19.7 Å². The lowest BCUT2D eigenvalue weighted by atomic mass is 9.72. The Kier molecular flexibility index (Phi) is 4.38. The number of rotatable bonds is 4. The lowest BCUT2D eigenvalue weighted by Crippen LogP contribution is -2.51. The van der Waals surface area contributed by atoms with Gasteiger partial charge in [0.25, 0.3) is 5.91 Å². The van der Waals surface area contributed by atoms with Gasteiger partial charge in [-0.2, -0.15) is 15.4 Å². The van der Waals surface area contributed by atoms with Crippen molar-refractivity contribution in [2.45, 2.75) is 31.6 Å². The van der Waals surface area contributed by atoms with Gasteiger partial charge < -0.3 is 5.32 Å². The number of H-pyrrole nitrogens is 1. The van der Waals surface area contributed by atoms with Crippen molar-refractivity contribution >= 4 is 34.4 Å². The molecule has 142 valence electrons. The quantitative estimate of drug-likeness (QED) is 0.603. The lowest BCUT2D eigenvalue weighted by molar-refractivity contribution is -0.138. The summed E-state index contributed by atoms with van der Waals surface area (Å²) in [7, 11) is 0. The molecule has 1 aliphatic heterocycles. The molecule has 3 N–H and O–H groups in total. The Morgan fingerprint density at radius 1 is 1.11 bits per heavy atom. The van der Waals surface area contributed by atoms with Crippen LogP contribution >= 0.6 is 0 Å². The van der Waals surface area contributed by atoms with Gasteiger partial charge >= 0.3 is 0 Å². The van der Waals surface area contributed by atoms with Crippen molar-refractivity contribution in [3.05, 3.63) is 53.6 Å². The number of benzene rings is 2. The van der Waals surface area contributed by atoms with Crippen LogP contribution < -0.4 is 10.6 Å². The first-order valence-corrected chi connectivity index (χ1v) is 9.08. The number of carbonyl (C=O) groups excluding carboxylic acids is 3. The highest BCUT2D eigenvalue weighted by atomic mass is 16.2. The van der Waals surface area contributed by atoms with Crippen LogP contribution in [0.2, 0.25) is 0 Å². The second-order valence-corrected chi connectivity index (χ2v) is 6.87. The summed E-state index contributed by atoms with van der Waals surface area (Å²) >= 11 is 0. The van der Waals surface area contributed by atoms with Gasteiger partial charge in [-0.15, -0.1) is 0 Å². The third kappa shape index (κ3) is 3.02. The van der Waals surface area contributed by atoms with Crippen LogP contribution in [-0.4, -0.2) is 33.1 Å². The van der Waals surface area contributed by atoms with E-state index in [0.29, 0.717) is 41.5 Å². The molecule has 0 spiro atoms. The summed E-state index contributed by atoms with van der Waals surface area (Å²) in [4.78, 5) is 36.5. The van der Waals surface area contributed by atoms with Crippen LogP contribution in [0.3, 0.4) is 0 Å². The largest absolute Gasteiger partial charge is 0.322 e. The molecular formula is C20H19N5O3. The number of nitrogens with one attached hydrogen (secondary N) is 3. The first kappa shape index (κ1) is 17.8. The molecule has 28 heavy (non-hydrogen) atoms. The molecule has 1 atom stereocenters. The average molecular weight is 377 g/mol. The van der Waals surface area contributed by atoms with Gasteiger partial charge in [0.2, 0.25) is 11.8 Å². The van der Waals surface area contributed by atoms with Crippen LogP contribution in [0.15, 0.2) is 42.5 Å². The first-order chi connectivity index (χ1) is 13.5. The van der Waals surface area contributed by atoms with Crippen LogP contribution in [0.25, 0.3) is 11.0 Å². The summed E-state index contributed by atoms with van der Waals surface area (Å²) in [5, 5.41) is 15.7. The van der Waals surface area contributed by atoms with E-state index in [2.05, 4.69) is 26.0 Å². The van der Waals surface area contributed by atoms with Crippen molar-refractivity contribution in [3.8, 4) is 0 Å². The maximum absolute atomic E-state index is 12.5. The Morgan fingerprint density at radius 2 is 1.86 bits per heavy atom. The van der Waals surface area contributed by atoms with Crippen LogP contribution in [0.1, 0.15) is 42.1 Å². The molecule has 3 aromatic rings. The van der Waals surface area contributed by atoms with E-state index in [4.69, 9.17) is 0 Å². The summed E-state index contributed by atoms with van der Waals surface area (Å²) in [6, 6.07) is 12.3. The smallest absolute Gasteiger partial charge is 0.255 e. The van der Waals surface area contributed by atoms with Gasteiger partial charge in [-0.25, -0.2) is 0 Å². The molecule has 3 amide bonds. The number of carbonyl (C=O) groups is 3. The predicted molar refractivity (Wildman–Crippen MR) is 103 cm³/mol. The fourth-order valence-corrected chi connectivity index (χ4v) is 3.62. The zero-order valence-corrected chi connectivity index (χ0v) is 15.3. The van der Waals surface area contributed by atoms with E-state index in [1.54, 1.807) is 30.3 Å². The minimum Gasteiger partial charge on any atom is -0.322 e. The zero-order valence-electron chi connectivity index (χ0n) is 15.3. The first-order valence-electron chi connectivity index (χ1n) is 9.08. The number of anilines is 1. The number of aromatic nitrogens is 3. The van der Waals surface area contributed by atoms with Crippen molar-refractivity contribution in [1.29, 1.82) is 0 Å². The summed E-state index contributed by atoms with van der Waals surface area (Å²) in [6.45, 7) is 1.94. The highest BCUT2D eigenvalue weighted by Gasteiger charge is 2.42. The third-order valence-electron chi connectivity index (χ3n) is 5.34. The molecule has 1 saturated heterocycles. The SMILES string of the molecule is CCC1(c2ccc(NC(=O)c3ccc4n[nH]nc4c3)cc2)CCC(=O)NC1=O. The van der Waals surface area contributed by atoms with Gasteiger partial charge in [-0.1, -0.05) is 19.1 Å². The molecule has 1 aromatic heterocycles. The van der Waals surface area contributed by atoms with E-state index in [1.165, 1.54) is 0 Å². The van der Waals surface area contributed by atoms with Crippen LogP contribution in [0.5, 0.6) is 0 Å². The van der Waals surface area contributed by atoms with E-state index in [9.17, 15) is 14.4 Å². The normalized spacial score (nSPS) is 19.5. The topological polar surface area (TPSA) is 117 Å². The second kappa shape index (κ2) is 6.88. The molecule has 1 aliphatic rings. The summed E-state index contributed by atoms with van der Waals surface area (Å²) in [5.74, 6) is -0.755. The number of piperidine rings is 1. The number of fused-ring (bicyclic) bond motifs is 1. The van der Waals surface area contributed by atoms with Crippen molar-refractivity contribution < 1.29 is 14.4 Å². The molecule has 8 nitrogen and oxygen atoms in total. The van der Waals surface area contributed by atoms with E-state index < -0.39 is 5.41 Å². The van der Waals surface area contributed by atoms with Gasteiger partial charge in [-0.05, 0) is 48.7 Å². The molecular weight excluding hydrogens is 358 g/mol. The van der Waals surface area contributed by atoms with E-state index in [1.807, 2.05) is 19.1 Å². The van der Waals surface area contributed by atoms with Crippen molar-refractivity contribution in [1.82, 2.24) is 20.7 Å². The van der Waals surface area contributed by atoms with Gasteiger partial charge in [0, 0.05) is 17.7 Å². The molecule has 4 rings (SSSR count). The summed E-state index contributed by atoms with van der Waals surface area (Å²) in [6.07, 6.45) is 1.40. The summed E-state index contributed by atoms with van der Waals surface area (Å²) < 4.78 is 0. The average Bonchev–Trinajstić information content (AvgIpc) is 3.17. The third-order valence-corrected chi connectivity index (χ3v) is 5.34. The molecule has 0 saturated carbocycles. The van der Waals surface area contributed by atoms with Gasteiger partial charge in [0.15, 0.2) is 0 Å². The Balaban J connectivity index is 1.53. The summed E-state index contributed by atoms with van der Waals surface area (Å²) in [5.41, 5.74) is 2.52. The Morgan fingerprint density at radius 3 is 2.57 bits per heavy atom. The minimum absolute atomic E-state index is 0.234. The Hall–Kier alpha value is -3.55. The van der Waals surface area contributed by atoms with E-state index in [-0.39, 0.29) is 17.7 Å². The second-order valence-electron chi connectivity index (χ2n) is 6.87. The molecule has 0 aliphatic carbocycles. The molecule has 2 heterocycles. The number of aromatic amines is 1. The number of hydrogen-bond acceptors (Lipinski definition) is 5. The van der Waals surface area contributed by atoms with Crippen LogP contribution in [0, 0.1) is 0 Å².